The topological polar surface area (TPSA) is 55.2 Å². The van der Waals surface area contributed by atoms with Crippen molar-refractivity contribution in [2.24, 2.45) is 11.8 Å². The van der Waals surface area contributed by atoms with Crippen LogP contribution < -0.4 is 5.56 Å². The Bertz CT molecular complexity index is 833. The fourth-order valence-corrected chi connectivity index (χ4v) is 3.77. The second kappa shape index (κ2) is 8.02. The van der Waals surface area contributed by atoms with Crippen LogP contribution in [0.15, 0.2) is 29.1 Å². The number of hydrogen-bond acceptors (Lipinski definition) is 3. The molecule has 140 valence electrons. The van der Waals surface area contributed by atoms with Crippen molar-refractivity contribution in [3.63, 3.8) is 0 Å². The minimum Gasteiger partial charge on any atom is -0.343 e. The van der Waals surface area contributed by atoms with Crippen LogP contribution in [0.1, 0.15) is 45.9 Å². The SMILES string of the molecule is CCc1nc2ccccc2c(=O)n1CC1CCN(C(=O)CC(C)C)CC1. The average molecular weight is 355 g/mol. The Morgan fingerprint density at radius 2 is 1.92 bits per heavy atom. The number of likely N-dealkylation sites (tertiary alicyclic amines) is 1. The van der Waals surface area contributed by atoms with Gasteiger partial charge in [-0.3, -0.25) is 14.2 Å². The number of benzene rings is 1. The lowest BCUT2D eigenvalue weighted by Gasteiger charge is -2.33. The van der Waals surface area contributed by atoms with E-state index in [1.54, 1.807) is 0 Å². The van der Waals surface area contributed by atoms with Gasteiger partial charge in [-0.2, -0.15) is 0 Å². The number of fused-ring (bicyclic) bond motifs is 1. The van der Waals surface area contributed by atoms with E-state index in [1.807, 2.05) is 40.7 Å². The number of para-hydroxylation sites is 1. The maximum Gasteiger partial charge on any atom is 0.261 e. The molecule has 5 heteroatoms. The molecule has 1 aliphatic rings. The van der Waals surface area contributed by atoms with E-state index in [0.717, 1.165) is 43.7 Å². The number of aryl methyl sites for hydroxylation is 1. The van der Waals surface area contributed by atoms with Gasteiger partial charge in [-0.05, 0) is 36.8 Å². The first-order valence-electron chi connectivity index (χ1n) is 9.75. The highest BCUT2D eigenvalue weighted by atomic mass is 16.2. The van der Waals surface area contributed by atoms with Gasteiger partial charge in [0, 0.05) is 32.5 Å². The van der Waals surface area contributed by atoms with Crippen LogP contribution >= 0.6 is 0 Å². The molecule has 1 fully saturated rings. The predicted molar refractivity (Wildman–Crippen MR) is 104 cm³/mol. The molecule has 1 amide bonds. The van der Waals surface area contributed by atoms with Gasteiger partial charge in [0.15, 0.2) is 0 Å². The number of nitrogens with zero attached hydrogens (tertiary/aromatic N) is 3. The predicted octanol–water partition coefficient (Wildman–Crippen LogP) is 3.24. The van der Waals surface area contributed by atoms with Crippen molar-refractivity contribution in [1.82, 2.24) is 14.5 Å². The van der Waals surface area contributed by atoms with Crippen LogP contribution in [0, 0.1) is 11.8 Å². The van der Waals surface area contributed by atoms with Gasteiger partial charge in [0.2, 0.25) is 5.91 Å². The number of carbonyl (C=O) groups is 1. The van der Waals surface area contributed by atoms with Gasteiger partial charge < -0.3 is 4.90 Å². The highest BCUT2D eigenvalue weighted by Gasteiger charge is 2.24. The van der Waals surface area contributed by atoms with Crippen LogP contribution in [0.25, 0.3) is 10.9 Å². The summed E-state index contributed by atoms with van der Waals surface area (Å²) in [7, 11) is 0. The molecule has 0 saturated carbocycles. The Hall–Kier alpha value is -2.17. The summed E-state index contributed by atoms with van der Waals surface area (Å²) >= 11 is 0. The summed E-state index contributed by atoms with van der Waals surface area (Å²) in [5.74, 6) is 1.93. The van der Waals surface area contributed by atoms with Gasteiger partial charge in [-0.15, -0.1) is 0 Å². The first-order valence-corrected chi connectivity index (χ1v) is 9.75. The molecule has 5 nitrogen and oxygen atoms in total. The third-order valence-corrected chi connectivity index (χ3v) is 5.25. The molecule has 0 atom stereocenters. The van der Waals surface area contributed by atoms with Gasteiger partial charge in [0.25, 0.3) is 5.56 Å². The van der Waals surface area contributed by atoms with E-state index >= 15 is 0 Å². The third kappa shape index (κ3) is 3.97. The second-order valence-electron chi connectivity index (χ2n) is 7.74. The fourth-order valence-electron chi connectivity index (χ4n) is 3.77. The van der Waals surface area contributed by atoms with Crippen molar-refractivity contribution in [1.29, 1.82) is 0 Å². The van der Waals surface area contributed by atoms with Crippen LogP contribution in [-0.4, -0.2) is 33.4 Å². The number of hydrogen-bond donors (Lipinski definition) is 0. The summed E-state index contributed by atoms with van der Waals surface area (Å²) in [6.07, 6.45) is 3.27. The van der Waals surface area contributed by atoms with E-state index in [9.17, 15) is 9.59 Å². The van der Waals surface area contributed by atoms with Crippen LogP contribution in [0.4, 0.5) is 0 Å². The lowest BCUT2D eigenvalue weighted by Crippen LogP contribution is -2.40. The van der Waals surface area contributed by atoms with E-state index in [4.69, 9.17) is 4.98 Å². The molecule has 1 saturated heterocycles. The highest BCUT2D eigenvalue weighted by molar-refractivity contribution is 5.77. The van der Waals surface area contributed by atoms with E-state index < -0.39 is 0 Å². The highest BCUT2D eigenvalue weighted by Crippen LogP contribution is 2.21. The summed E-state index contributed by atoms with van der Waals surface area (Å²) in [4.78, 5) is 31.8. The molecular weight excluding hydrogens is 326 g/mol. The van der Waals surface area contributed by atoms with E-state index in [0.29, 0.717) is 30.2 Å². The number of piperidine rings is 1. The molecule has 1 aliphatic heterocycles. The second-order valence-corrected chi connectivity index (χ2v) is 7.74. The Labute approximate surface area is 155 Å². The van der Waals surface area contributed by atoms with Crippen molar-refractivity contribution in [3.05, 3.63) is 40.4 Å². The van der Waals surface area contributed by atoms with Gasteiger partial charge >= 0.3 is 0 Å². The molecule has 1 aromatic carbocycles. The molecule has 0 N–H and O–H groups in total. The minimum atomic E-state index is 0.0609. The summed E-state index contributed by atoms with van der Waals surface area (Å²) in [6, 6.07) is 7.56. The molecule has 0 aliphatic carbocycles. The van der Waals surface area contributed by atoms with Crippen LogP contribution in [0.3, 0.4) is 0 Å². The van der Waals surface area contributed by atoms with E-state index in [1.165, 1.54) is 0 Å². The molecule has 3 rings (SSSR count). The molecule has 0 unspecified atom stereocenters. The molecule has 26 heavy (non-hydrogen) atoms. The lowest BCUT2D eigenvalue weighted by molar-refractivity contribution is -0.133. The van der Waals surface area contributed by atoms with Gasteiger partial charge in [-0.25, -0.2) is 4.98 Å². The summed E-state index contributed by atoms with van der Waals surface area (Å²) < 4.78 is 1.86. The maximum atomic E-state index is 12.9. The largest absolute Gasteiger partial charge is 0.343 e. The molecule has 0 bridgehead atoms. The van der Waals surface area contributed by atoms with Gasteiger partial charge in [0.1, 0.15) is 5.82 Å². The molecule has 2 aromatic rings. The van der Waals surface area contributed by atoms with Crippen molar-refractivity contribution < 1.29 is 4.79 Å². The monoisotopic (exact) mass is 355 g/mol. The standard InChI is InChI=1S/C21H29N3O2/c1-4-19-22-18-8-6-5-7-17(18)21(26)24(19)14-16-9-11-23(12-10-16)20(25)13-15(2)3/h5-8,15-16H,4,9-14H2,1-3H3. The van der Waals surface area contributed by atoms with Crippen molar-refractivity contribution >= 4 is 16.8 Å². The molecule has 0 spiro atoms. The zero-order valence-corrected chi connectivity index (χ0v) is 16.1. The Morgan fingerprint density at radius 3 is 2.58 bits per heavy atom. The molecule has 1 aromatic heterocycles. The summed E-state index contributed by atoms with van der Waals surface area (Å²) in [5.41, 5.74) is 0.838. The third-order valence-electron chi connectivity index (χ3n) is 5.25. The molecule has 2 heterocycles. The Balaban J connectivity index is 1.73. The summed E-state index contributed by atoms with van der Waals surface area (Å²) in [5, 5.41) is 0.689. The normalized spacial score (nSPS) is 15.8. The number of carbonyl (C=O) groups excluding carboxylic acids is 1. The zero-order valence-electron chi connectivity index (χ0n) is 16.1. The average Bonchev–Trinajstić information content (AvgIpc) is 2.64. The first-order chi connectivity index (χ1) is 12.5. The lowest BCUT2D eigenvalue weighted by atomic mass is 9.95. The number of rotatable bonds is 5. The van der Waals surface area contributed by atoms with Crippen molar-refractivity contribution in [2.75, 3.05) is 13.1 Å². The molecule has 0 radical (unpaired) electrons. The Kier molecular flexibility index (Phi) is 5.74. The molecular formula is C21H29N3O2. The number of aromatic nitrogens is 2. The maximum absolute atomic E-state index is 12.9. The van der Waals surface area contributed by atoms with E-state index in [-0.39, 0.29) is 11.5 Å². The van der Waals surface area contributed by atoms with Crippen LogP contribution in [0.5, 0.6) is 0 Å². The van der Waals surface area contributed by atoms with Gasteiger partial charge in [0.05, 0.1) is 10.9 Å². The number of amides is 1. The first kappa shape index (κ1) is 18.6. The van der Waals surface area contributed by atoms with Gasteiger partial charge in [-0.1, -0.05) is 32.9 Å². The smallest absolute Gasteiger partial charge is 0.261 e. The van der Waals surface area contributed by atoms with Crippen molar-refractivity contribution in [3.8, 4) is 0 Å². The fraction of sp³-hybridized carbons (Fsp3) is 0.571. The van der Waals surface area contributed by atoms with E-state index in [2.05, 4.69) is 13.8 Å². The quantitative estimate of drug-likeness (QED) is 0.827. The van der Waals surface area contributed by atoms with Crippen molar-refractivity contribution in [2.45, 2.75) is 53.0 Å². The van der Waals surface area contributed by atoms with Crippen LogP contribution in [-0.2, 0) is 17.8 Å². The minimum absolute atomic E-state index is 0.0609. The van der Waals surface area contributed by atoms with Crippen LogP contribution in [0.2, 0.25) is 0 Å². The summed E-state index contributed by atoms with van der Waals surface area (Å²) in [6.45, 7) is 8.50. The zero-order chi connectivity index (χ0) is 18.7. The Morgan fingerprint density at radius 1 is 1.23 bits per heavy atom.